The molecule has 0 unspecified atom stereocenters. The highest BCUT2D eigenvalue weighted by Gasteiger charge is 2.23. The van der Waals surface area contributed by atoms with Crippen LogP contribution in [0.4, 0.5) is 0 Å². The molecule has 0 aromatic heterocycles. The van der Waals surface area contributed by atoms with Gasteiger partial charge in [-0.15, -0.1) is 0 Å². The Bertz CT molecular complexity index is 610. The summed E-state index contributed by atoms with van der Waals surface area (Å²) in [6.45, 7) is 2.02. The monoisotopic (exact) mass is 313 g/mol. The van der Waals surface area contributed by atoms with E-state index in [4.69, 9.17) is 10.6 Å². The molecule has 0 aliphatic carbocycles. The molecular formula is C13H19N3O4S. The number of hydroxylamine groups is 2. The first-order valence-corrected chi connectivity index (χ1v) is 8.43. The van der Waals surface area contributed by atoms with Gasteiger partial charge in [0.25, 0.3) is 0 Å². The number of primary amides is 1. The molecular weight excluding hydrogens is 294 g/mol. The maximum absolute atomic E-state index is 11.4. The third-order valence-corrected chi connectivity index (χ3v) is 4.66. The average Bonchev–Trinajstić information content (AvgIpc) is 2.45. The Morgan fingerprint density at radius 1 is 1.24 bits per heavy atom. The summed E-state index contributed by atoms with van der Waals surface area (Å²) in [5, 5.41) is 1.71. The zero-order valence-electron chi connectivity index (χ0n) is 11.9. The minimum atomic E-state index is -3.14. The van der Waals surface area contributed by atoms with Crippen molar-refractivity contribution in [1.82, 2.24) is 9.37 Å². The van der Waals surface area contributed by atoms with E-state index in [0.29, 0.717) is 31.7 Å². The molecule has 0 saturated carbocycles. The van der Waals surface area contributed by atoms with Gasteiger partial charge < -0.3 is 5.73 Å². The molecule has 0 atom stereocenters. The largest absolute Gasteiger partial charge is 0.366 e. The first-order chi connectivity index (χ1) is 9.88. The minimum Gasteiger partial charge on any atom is -0.366 e. The summed E-state index contributed by atoms with van der Waals surface area (Å²) < 4.78 is 24.2. The highest BCUT2D eigenvalue weighted by molar-refractivity contribution is 7.88. The Balaban J connectivity index is 1.90. The predicted molar refractivity (Wildman–Crippen MR) is 77.7 cm³/mol. The molecule has 1 fully saturated rings. The van der Waals surface area contributed by atoms with Crippen LogP contribution in [0.1, 0.15) is 15.9 Å². The van der Waals surface area contributed by atoms with Crippen molar-refractivity contribution in [1.29, 1.82) is 0 Å². The quantitative estimate of drug-likeness (QED) is 0.812. The highest BCUT2D eigenvalue weighted by atomic mass is 32.2. The third kappa shape index (κ3) is 4.24. The second-order valence-electron chi connectivity index (χ2n) is 4.89. The van der Waals surface area contributed by atoms with Gasteiger partial charge in [0, 0.05) is 31.7 Å². The van der Waals surface area contributed by atoms with Gasteiger partial charge in [0.05, 0.1) is 12.9 Å². The van der Waals surface area contributed by atoms with Crippen LogP contribution in [-0.4, -0.2) is 56.1 Å². The molecule has 7 nitrogen and oxygen atoms in total. The maximum Gasteiger partial charge on any atom is 0.249 e. The van der Waals surface area contributed by atoms with E-state index in [1.807, 2.05) is 6.07 Å². The molecule has 8 heteroatoms. The molecule has 1 heterocycles. The van der Waals surface area contributed by atoms with Crippen LogP contribution < -0.4 is 5.73 Å². The van der Waals surface area contributed by atoms with Crippen LogP contribution in [0, 0.1) is 0 Å². The van der Waals surface area contributed by atoms with Crippen molar-refractivity contribution in [2.75, 3.05) is 32.4 Å². The number of carbonyl (C=O) groups excluding carboxylic acids is 1. The number of hydrogen-bond acceptors (Lipinski definition) is 5. The first kappa shape index (κ1) is 15.9. The summed E-state index contributed by atoms with van der Waals surface area (Å²) in [5.74, 6) is -0.490. The Morgan fingerprint density at radius 3 is 2.43 bits per heavy atom. The van der Waals surface area contributed by atoms with Crippen LogP contribution in [0.2, 0.25) is 0 Å². The molecule has 0 radical (unpaired) electrons. The lowest BCUT2D eigenvalue weighted by Gasteiger charge is -2.32. The van der Waals surface area contributed by atoms with E-state index >= 15 is 0 Å². The van der Waals surface area contributed by atoms with E-state index in [1.54, 1.807) is 23.3 Å². The fourth-order valence-corrected chi connectivity index (χ4v) is 3.00. The van der Waals surface area contributed by atoms with Gasteiger partial charge in [0.15, 0.2) is 0 Å². The van der Waals surface area contributed by atoms with Crippen LogP contribution in [0.25, 0.3) is 0 Å². The zero-order chi connectivity index (χ0) is 15.5. The van der Waals surface area contributed by atoms with Crippen molar-refractivity contribution in [3.8, 4) is 0 Å². The topological polar surface area (TPSA) is 92.9 Å². The van der Waals surface area contributed by atoms with Crippen molar-refractivity contribution >= 4 is 15.9 Å². The molecule has 1 saturated heterocycles. The number of piperazine rings is 1. The highest BCUT2D eigenvalue weighted by Crippen LogP contribution is 2.12. The number of nitrogens with zero attached hydrogens (tertiary/aromatic N) is 2. The summed E-state index contributed by atoms with van der Waals surface area (Å²) in [6.07, 6.45) is 1.20. The van der Waals surface area contributed by atoms with Gasteiger partial charge in [-0.3, -0.25) is 9.63 Å². The lowest BCUT2D eigenvalue weighted by Crippen LogP contribution is -2.48. The fourth-order valence-electron chi connectivity index (χ4n) is 2.18. The number of carbonyl (C=O) groups is 1. The average molecular weight is 313 g/mol. The van der Waals surface area contributed by atoms with Gasteiger partial charge in [0.2, 0.25) is 15.9 Å². The summed E-state index contributed by atoms with van der Waals surface area (Å²) in [6, 6.07) is 7.00. The lowest BCUT2D eigenvalue weighted by atomic mass is 10.1. The van der Waals surface area contributed by atoms with E-state index in [2.05, 4.69) is 0 Å². The van der Waals surface area contributed by atoms with Crippen LogP contribution in [0.5, 0.6) is 0 Å². The van der Waals surface area contributed by atoms with Crippen LogP contribution in [0.3, 0.4) is 0 Å². The standard InChI is InChI=1S/C13H19N3O4S/c1-21(18,19)16-8-6-15(7-9-16)20-10-11-4-2-3-5-12(11)13(14)17/h2-5H,6-10H2,1H3,(H2,14,17). The van der Waals surface area contributed by atoms with Crippen LogP contribution in [-0.2, 0) is 21.5 Å². The Morgan fingerprint density at radius 2 is 1.86 bits per heavy atom. The SMILES string of the molecule is CS(=O)(=O)N1CCN(OCc2ccccc2C(N)=O)CC1. The van der Waals surface area contributed by atoms with Crippen molar-refractivity contribution in [3.05, 3.63) is 35.4 Å². The Hall–Kier alpha value is -1.48. The fraction of sp³-hybridized carbons (Fsp3) is 0.462. The smallest absolute Gasteiger partial charge is 0.249 e. The maximum atomic E-state index is 11.4. The predicted octanol–water partition coefficient (Wildman–Crippen LogP) is -0.206. The number of sulfonamides is 1. The van der Waals surface area contributed by atoms with Gasteiger partial charge in [0.1, 0.15) is 0 Å². The summed E-state index contributed by atoms with van der Waals surface area (Å²) >= 11 is 0. The van der Waals surface area contributed by atoms with E-state index in [9.17, 15) is 13.2 Å². The van der Waals surface area contributed by atoms with Gasteiger partial charge in [-0.2, -0.15) is 9.37 Å². The second-order valence-corrected chi connectivity index (χ2v) is 6.87. The number of benzene rings is 1. The van der Waals surface area contributed by atoms with Crippen molar-refractivity contribution in [3.63, 3.8) is 0 Å². The number of hydrogen-bond donors (Lipinski definition) is 1. The van der Waals surface area contributed by atoms with Crippen molar-refractivity contribution < 1.29 is 18.0 Å². The molecule has 0 spiro atoms. The summed E-state index contributed by atoms with van der Waals surface area (Å²) in [5.41, 5.74) is 6.46. The van der Waals surface area contributed by atoms with E-state index in [-0.39, 0.29) is 6.61 Å². The van der Waals surface area contributed by atoms with Gasteiger partial charge in [-0.05, 0) is 11.6 Å². The molecule has 116 valence electrons. The number of nitrogens with two attached hydrogens (primary N) is 1. The molecule has 1 aliphatic rings. The molecule has 1 aromatic carbocycles. The molecule has 2 rings (SSSR count). The van der Waals surface area contributed by atoms with Crippen LogP contribution >= 0.6 is 0 Å². The van der Waals surface area contributed by atoms with E-state index < -0.39 is 15.9 Å². The lowest BCUT2D eigenvalue weighted by molar-refractivity contribution is -0.180. The second kappa shape index (κ2) is 6.52. The van der Waals surface area contributed by atoms with Gasteiger partial charge >= 0.3 is 0 Å². The Kier molecular flexibility index (Phi) is 4.94. The zero-order valence-corrected chi connectivity index (χ0v) is 12.7. The van der Waals surface area contributed by atoms with E-state index in [1.165, 1.54) is 10.6 Å². The molecule has 0 bridgehead atoms. The molecule has 21 heavy (non-hydrogen) atoms. The Labute approximate surface area is 124 Å². The van der Waals surface area contributed by atoms with Gasteiger partial charge in [-0.1, -0.05) is 18.2 Å². The number of amides is 1. The first-order valence-electron chi connectivity index (χ1n) is 6.58. The summed E-state index contributed by atoms with van der Waals surface area (Å²) in [4.78, 5) is 16.9. The van der Waals surface area contributed by atoms with Gasteiger partial charge in [-0.25, -0.2) is 8.42 Å². The molecule has 1 aromatic rings. The normalized spacial score (nSPS) is 17.8. The summed E-state index contributed by atoms with van der Waals surface area (Å²) in [7, 11) is -3.14. The van der Waals surface area contributed by atoms with Crippen LogP contribution in [0.15, 0.2) is 24.3 Å². The van der Waals surface area contributed by atoms with E-state index in [0.717, 1.165) is 5.56 Å². The van der Waals surface area contributed by atoms with Crippen molar-refractivity contribution in [2.45, 2.75) is 6.61 Å². The number of rotatable bonds is 5. The molecule has 2 N–H and O–H groups in total. The van der Waals surface area contributed by atoms with Crippen molar-refractivity contribution in [2.24, 2.45) is 5.73 Å². The molecule has 1 amide bonds. The molecule has 1 aliphatic heterocycles. The third-order valence-electron chi connectivity index (χ3n) is 3.35. The minimum absolute atomic E-state index is 0.234.